The second-order valence-corrected chi connectivity index (χ2v) is 9.92. The molecular weight excluding hydrogens is 491 g/mol. The SMILES string of the molecule is CC1(C)CC(n2nnc3cc(-c4ccc(-c5ncc(O)cn5)cc4O)nnc32)CC(C)(C)N1.Cl.Cl. The molecule has 1 saturated heterocycles. The number of phenolic OH excluding ortho intramolecular Hbond substituents is 1. The van der Waals surface area contributed by atoms with Crippen LogP contribution in [0.1, 0.15) is 46.6 Å². The Morgan fingerprint density at radius 3 is 2.20 bits per heavy atom. The van der Waals surface area contributed by atoms with Gasteiger partial charge in [0.05, 0.1) is 24.1 Å². The van der Waals surface area contributed by atoms with Crippen LogP contribution in [0.4, 0.5) is 0 Å². The van der Waals surface area contributed by atoms with Crippen molar-refractivity contribution in [2.24, 2.45) is 0 Å². The first-order valence-electron chi connectivity index (χ1n) is 10.8. The summed E-state index contributed by atoms with van der Waals surface area (Å²) in [7, 11) is 0. The molecule has 1 aliphatic heterocycles. The van der Waals surface area contributed by atoms with Crippen molar-refractivity contribution < 1.29 is 10.2 Å². The Bertz CT molecular complexity index is 1330. The number of aromatic hydroxyl groups is 2. The molecule has 5 rings (SSSR count). The van der Waals surface area contributed by atoms with Crippen molar-refractivity contribution in [3.05, 3.63) is 36.7 Å². The van der Waals surface area contributed by atoms with Gasteiger partial charge in [-0.25, -0.2) is 14.6 Å². The summed E-state index contributed by atoms with van der Waals surface area (Å²) in [6.45, 7) is 8.78. The van der Waals surface area contributed by atoms with Crippen LogP contribution in [0.5, 0.6) is 11.5 Å². The van der Waals surface area contributed by atoms with Crippen LogP contribution < -0.4 is 5.32 Å². The summed E-state index contributed by atoms with van der Waals surface area (Å²) in [5.41, 5.74) is 2.82. The van der Waals surface area contributed by atoms with Crippen LogP contribution in [0, 0.1) is 0 Å². The Morgan fingerprint density at radius 1 is 0.914 bits per heavy atom. The van der Waals surface area contributed by atoms with E-state index >= 15 is 0 Å². The first kappa shape index (κ1) is 26.5. The van der Waals surface area contributed by atoms with Gasteiger partial charge in [0.25, 0.3) is 0 Å². The van der Waals surface area contributed by atoms with Crippen LogP contribution >= 0.6 is 24.8 Å². The first-order chi connectivity index (χ1) is 15.6. The summed E-state index contributed by atoms with van der Waals surface area (Å²) in [4.78, 5) is 8.15. The monoisotopic (exact) mass is 518 g/mol. The minimum atomic E-state index is -0.0349. The highest BCUT2D eigenvalue weighted by atomic mass is 35.5. The fraction of sp³-hybridized carbons (Fsp3) is 0.391. The highest BCUT2D eigenvalue weighted by Gasteiger charge is 2.39. The molecule has 12 heteroatoms. The van der Waals surface area contributed by atoms with Crippen LogP contribution in [0.25, 0.3) is 33.8 Å². The van der Waals surface area contributed by atoms with Gasteiger partial charge in [0, 0.05) is 22.2 Å². The first-order valence-corrected chi connectivity index (χ1v) is 10.8. The zero-order chi connectivity index (χ0) is 23.4. The maximum atomic E-state index is 10.6. The quantitative estimate of drug-likeness (QED) is 0.366. The number of phenols is 1. The predicted octanol–water partition coefficient (Wildman–Crippen LogP) is 4.08. The lowest BCUT2D eigenvalue weighted by Gasteiger charge is -2.46. The molecule has 0 aliphatic carbocycles. The number of nitrogens with one attached hydrogen (secondary N) is 1. The highest BCUT2D eigenvalue weighted by molar-refractivity contribution is 5.85. The molecule has 10 nitrogen and oxygen atoms in total. The van der Waals surface area contributed by atoms with E-state index in [0.29, 0.717) is 33.8 Å². The molecule has 3 N–H and O–H groups in total. The Balaban J connectivity index is 0.00000171. The van der Waals surface area contributed by atoms with Gasteiger partial charge < -0.3 is 15.5 Å². The number of piperidine rings is 1. The van der Waals surface area contributed by atoms with Crippen LogP contribution in [-0.4, -0.2) is 56.5 Å². The van der Waals surface area contributed by atoms with E-state index in [2.05, 4.69) is 63.5 Å². The molecule has 1 aliphatic rings. The van der Waals surface area contributed by atoms with Crippen molar-refractivity contribution >= 4 is 36.0 Å². The summed E-state index contributed by atoms with van der Waals surface area (Å²) >= 11 is 0. The standard InChI is InChI=1S/C23H26N8O2.2ClH/c1-22(2)9-14(10-23(3,4)29-22)31-21-18(27-30-31)8-17(26-28-21)16-6-5-13(7-19(16)33)20-24-11-15(32)12-25-20;;/h5-8,11-12,14,29,32-33H,9-10H2,1-4H3;2*1H. The molecule has 35 heavy (non-hydrogen) atoms. The van der Waals surface area contributed by atoms with Crippen molar-refractivity contribution in [2.45, 2.75) is 57.7 Å². The van der Waals surface area contributed by atoms with E-state index in [4.69, 9.17) is 0 Å². The molecule has 186 valence electrons. The van der Waals surface area contributed by atoms with Gasteiger partial charge in [-0.3, -0.25) is 0 Å². The summed E-state index contributed by atoms with van der Waals surface area (Å²) in [5, 5.41) is 41.2. The fourth-order valence-electron chi connectivity index (χ4n) is 4.93. The van der Waals surface area contributed by atoms with Gasteiger partial charge in [0.1, 0.15) is 11.3 Å². The Kier molecular flexibility index (Phi) is 7.21. The van der Waals surface area contributed by atoms with E-state index in [1.165, 1.54) is 12.4 Å². The van der Waals surface area contributed by atoms with E-state index in [0.717, 1.165) is 12.8 Å². The third-order valence-electron chi connectivity index (χ3n) is 5.91. The lowest BCUT2D eigenvalue weighted by molar-refractivity contribution is 0.127. The number of aromatic nitrogens is 7. The number of hydrogen-bond acceptors (Lipinski definition) is 9. The van der Waals surface area contributed by atoms with E-state index in [-0.39, 0.29) is 53.4 Å². The van der Waals surface area contributed by atoms with E-state index in [1.807, 2.05) is 4.68 Å². The van der Waals surface area contributed by atoms with Gasteiger partial charge in [-0.05, 0) is 58.7 Å². The van der Waals surface area contributed by atoms with Crippen molar-refractivity contribution in [3.63, 3.8) is 0 Å². The lowest BCUT2D eigenvalue weighted by atomic mass is 9.80. The van der Waals surface area contributed by atoms with Gasteiger partial charge >= 0.3 is 0 Å². The number of halogens is 2. The van der Waals surface area contributed by atoms with Gasteiger partial charge in [0.15, 0.2) is 11.6 Å². The molecule has 0 bridgehead atoms. The van der Waals surface area contributed by atoms with Gasteiger partial charge in [-0.2, -0.15) is 0 Å². The second-order valence-electron chi connectivity index (χ2n) is 9.92. The Labute approximate surface area is 215 Å². The second kappa shape index (κ2) is 9.52. The molecule has 0 spiro atoms. The molecule has 0 atom stereocenters. The summed E-state index contributed by atoms with van der Waals surface area (Å²) < 4.78 is 1.88. The molecule has 4 aromatic rings. The van der Waals surface area contributed by atoms with Crippen LogP contribution in [0.15, 0.2) is 36.7 Å². The molecule has 0 saturated carbocycles. The summed E-state index contributed by atoms with van der Waals surface area (Å²) in [6, 6.07) is 7.01. The van der Waals surface area contributed by atoms with Crippen LogP contribution in [0.3, 0.4) is 0 Å². The van der Waals surface area contributed by atoms with Crippen LogP contribution in [-0.2, 0) is 0 Å². The van der Waals surface area contributed by atoms with Gasteiger partial charge in [-0.15, -0.1) is 40.1 Å². The Hall–Kier alpha value is -3.08. The summed E-state index contributed by atoms with van der Waals surface area (Å²) in [5.74, 6) is 0.395. The number of fused-ring (bicyclic) bond motifs is 1. The molecule has 1 fully saturated rings. The maximum absolute atomic E-state index is 10.6. The van der Waals surface area contributed by atoms with E-state index in [9.17, 15) is 10.2 Å². The third-order valence-corrected chi connectivity index (χ3v) is 5.91. The van der Waals surface area contributed by atoms with Crippen molar-refractivity contribution in [3.8, 4) is 34.1 Å². The largest absolute Gasteiger partial charge is 0.507 e. The van der Waals surface area contributed by atoms with Crippen molar-refractivity contribution in [2.75, 3.05) is 0 Å². The number of rotatable bonds is 3. The zero-order valence-electron chi connectivity index (χ0n) is 19.8. The maximum Gasteiger partial charge on any atom is 0.201 e. The molecule has 0 amide bonds. The molecule has 3 aromatic heterocycles. The van der Waals surface area contributed by atoms with E-state index < -0.39 is 0 Å². The smallest absolute Gasteiger partial charge is 0.201 e. The predicted molar refractivity (Wildman–Crippen MR) is 137 cm³/mol. The molecule has 0 unspecified atom stereocenters. The normalized spacial score (nSPS) is 16.9. The molecule has 0 radical (unpaired) electrons. The number of nitrogens with zero attached hydrogens (tertiary/aromatic N) is 7. The fourth-order valence-corrected chi connectivity index (χ4v) is 4.93. The minimum Gasteiger partial charge on any atom is -0.507 e. The Morgan fingerprint density at radius 2 is 1.57 bits per heavy atom. The average molecular weight is 519 g/mol. The highest BCUT2D eigenvalue weighted by Crippen LogP contribution is 2.37. The third kappa shape index (κ3) is 5.29. The van der Waals surface area contributed by atoms with Crippen molar-refractivity contribution in [1.29, 1.82) is 0 Å². The van der Waals surface area contributed by atoms with E-state index in [1.54, 1.807) is 24.3 Å². The molecule has 1 aromatic carbocycles. The minimum absolute atomic E-state index is 0. The molecule has 4 heterocycles. The average Bonchev–Trinajstić information content (AvgIpc) is 3.15. The van der Waals surface area contributed by atoms with Crippen molar-refractivity contribution in [1.82, 2.24) is 40.5 Å². The molecular formula is C23H28Cl2N8O2. The van der Waals surface area contributed by atoms with Gasteiger partial charge in [-0.1, -0.05) is 11.3 Å². The summed E-state index contributed by atoms with van der Waals surface area (Å²) in [6.07, 6.45) is 4.42. The topological polar surface area (TPSA) is 135 Å². The van der Waals surface area contributed by atoms with Gasteiger partial charge in [0.2, 0.25) is 5.65 Å². The lowest BCUT2D eigenvalue weighted by Crippen LogP contribution is -2.58. The number of hydrogen-bond donors (Lipinski definition) is 3. The number of benzene rings is 1. The van der Waals surface area contributed by atoms with Crippen LogP contribution in [0.2, 0.25) is 0 Å². The zero-order valence-corrected chi connectivity index (χ0v) is 21.4.